The number of ether oxygens (including phenoxy) is 1. The van der Waals surface area contributed by atoms with E-state index < -0.39 is 0 Å². The van der Waals surface area contributed by atoms with E-state index in [1.807, 2.05) is 30.3 Å². The van der Waals surface area contributed by atoms with Gasteiger partial charge in [-0.05, 0) is 48.7 Å². The number of amides is 1. The Morgan fingerprint density at radius 2 is 2.00 bits per heavy atom. The normalized spacial score (nSPS) is 9.91. The van der Waals surface area contributed by atoms with Crippen LogP contribution in [0.2, 0.25) is 0 Å². The van der Waals surface area contributed by atoms with Gasteiger partial charge in [0.1, 0.15) is 5.75 Å². The van der Waals surface area contributed by atoms with E-state index in [1.54, 1.807) is 24.3 Å². The summed E-state index contributed by atoms with van der Waals surface area (Å²) in [6, 6.07) is 16.6. The van der Waals surface area contributed by atoms with Gasteiger partial charge in [0.2, 0.25) is 0 Å². The van der Waals surface area contributed by atoms with E-state index >= 15 is 0 Å². The second-order valence-electron chi connectivity index (χ2n) is 5.28. The fourth-order valence-electron chi connectivity index (χ4n) is 2.14. The minimum absolute atomic E-state index is 0.0908. The third-order valence-corrected chi connectivity index (χ3v) is 3.39. The topological polar surface area (TPSA) is 62.1 Å². The zero-order valence-corrected chi connectivity index (χ0v) is 13.2. The van der Waals surface area contributed by atoms with Crippen molar-refractivity contribution >= 4 is 11.6 Å². The Bertz CT molecular complexity index is 687. The molecule has 4 nitrogen and oxygen atoms in total. The summed E-state index contributed by atoms with van der Waals surface area (Å²) in [5.41, 5.74) is 2.53. The first-order chi connectivity index (χ1) is 11.2. The maximum atomic E-state index is 11.9. The van der Waals surface area contributed by atoms with Gasteiger partial charge >= 0.3 is 0 Å². The molecule has 0 bridgehead atoms. The van der Waals surface area contributed by atoms with E-state index in [1.165, 1.54) is 18.4 Å². The minimum atomic E-state index is -0.228. The molecule has 4 heteroatoms. The number of aryl methyl sites for hydroxylation is 1. The lowest BCUT2D eigenvalue weighted by Crippen LogP contribution is -2.20. The summed E-state index contributed by atoms with van der Waals surface area (Å²) in [4.78, 5) is 11.9. The number of nitriles is 1. The van der Waals surface area contributed by atoms with E-state index in [4.69, 9.17) is 10.00 Å². The predicted molar refractivity (Wildman–Crippen MR) is 90.3 cm³/mol. The second kappa shape index (κ2) is 8.60. The Labute approximate surface area is 136 Å². The third-order valence-electron chi connectivity index (χ3n) is 3.39. The fourth-order valence-corrected chi connectivity index (χ4v) is 2.14. The van der Waals surface area contributed by atoms with Crippen LogP contribution in [-0.2, 0) is 11.2 Å². The molecule has 2 aromatic rings. The van der Waals surface area contributed by atoms with Crippen molar-refractivity contribution in [3.05, 3.63) is 59.7 Å². The summed E-state index contributed by atoms with van der Waals surface area (Å²) in [5, 5.41) is 11.6. The van der Waals surface area contributed by atoms with Gasteiger partial charge in [-0.3, -0.25) is 4.79 Å². The van der Waals surface area contributed by atoms with Gasteiger partial charge in [0.15, 0.2) is 6.61 Å². The van der Waals surface area contributed by atoms with Gasteiger partial charge in [-0.2, -0.15) is 5.26 Å². The highest BCUT2D eigenvalue weighted by atomic mass is 16.5. The molecule has 0 aliphatic heterocycles. The Morgan fingerprint density at radius 1 is 1.22 bits per heavy atom. The number of rotatable bonds is 7. The SMILES string of the molecule is CCCCc1ccc(NC(=O)COc2cccc(C#N)c2)cc1. The van der Waals surface area contributed by atoms with Gasteiger partial charge in [-0.1, -0.05) is 31.5 Å². The van der Waals surface area contributed by atoms with Gasteiger partial charge in [-0.25, -0.2) is 0 Å². The maximum Gasteiger partial charge on any atom is 0.262 e. The van der Waals surface area contributed by atoms with Crippen molar-refractivity contribution < 1.29 is 9.53 Å². The fraction of sp³-hybridized carbons (Fsp3) is 0.263. The molecule has 0 spiro atoms. The molecule has 118 valence electrons. The van der Waals surface area contributed by atoms with Gasteiger partial charge in [0.25, 0.3) is 5.91 Å². The number of carbonyl (C=O) groups excluding carboxylic acids is 1. The standard InChI is InChI=1S/C19H20N2O2/c1-2-3-5-15-8-10-17(11-9-15)21-19(22)14-23-18-7-4-6-16(12-18)13-20/h4,6-12H,2-3,5,14H2,1H3,(H,21,22). The molecule has 0 fully saturated rings. The lowest BCUT2D eigenvalue weighted by Gasteiger charge is -2.08. The Hall–Kier alpha value is -2.80. The van der Waals surface area contributed by atoms with Crippen molar-refractivity contribution in [2.24, 2.45) is 0 Å². The molecular formula is C19H20N2O2. The van der Waals surface area contributed by atoms with Crippen LogP contribution in [0.5, 0.6) is 5.75 Å². The van der Waals surface area contributed by atoms with Crippen LogP contribution in [-0.4, -0.2) is 12.5 Å². The molecule has 0 atom stereocenters. The average molecular weight is 308 g/mol. The van der Waals surface area contributed by atoms with Crippen molar-refractivity contribution in [3.63, 3.8) is 0 Å². The van der Waals surface area contributed by atoms with Crippen LogP contribution in [0.15, 0.2) is 48.5 Å². The molecule has 0 aromatic heterocycles. The van der Waals surface area contributed by atoms with Crippen LogP contribution >= 0.6 is 0 Å². The zero-order valence-electron chi connectivity index (χ0n) is 13.2. The van der Waals surface area contributed by atoms with Crippen molar-refractivity contribution in [1.82, 2.24) is 0 Å². The summed E-state index contributed by atoms with van der Waals surface area (Å²) in [5.74, 6) is 0.280. The van der Waals surface area contributed by atoms with Crippen LogP contribution in [0.25, 0.3) is 0 Å². The number of anilines is 1. The summed E-state index contributed by atoms with van der Waals surface area (Å²) in [6.07, 6.45) is 3.40. The number of carbonyl (C=O) groups is 1. The van der Waals surface area contributed by atoms with Crippen LogP contribution in [0.4, 0.5) is 5.69 Å². The molecule has 0 saturated heterocycles. The first-order valence-corrected chi connectivity index (χ1v) is 7.73. The molecule has 0 aliphatic rings. The highest BCUT2D eigenvalue weighted by Crippen LogP contribution is 2.14. The Balaban J connectivity index is 1.83. The highest BCUT2D eigenvalue weighted by Gasteiger charge is 2.04. The molecule has 0 radical (unpaired) electrons. The first kappa shape index (κ1) is 16.6. The lowest BCUT2D eigenvalue weighted by atomic mass is 10.1. The Kier molecular flexibility index (Phi) is 6.19. The van der Waals surface area contributed by atoms with Crippen LogP contribution in [0.1, 0.15) is 30.9 Å². The van der Waals surface area contributed by atoms with E-state index in [-0.39, 0.29) is 12.5 Å². The molecular weight excluding hydrogens is 288 g/mol. The Morgan fingerprint density at radius 3 is 2.70 bits per heavy atom. The maximum absolute atomic E-state index is 11.9. The summed E-state index contributed by atoms with van der Waals surface area (Å²) in [6.45, 7) is 2.08. The van der Waals surface area contributed by atoms with Crippen molar-refractivity contribution in [3.8, 4) is 11.8 Å². The van der Waals surface area contributed by atoms with Crippen molar-refractivity contribution in [1.29, 1.82) is 5.26 Å². The van der Waals surface area contributed by atoms with Crippen molar-refractivity contribution in [2.75, 3.05) is 11.9 Å². The molecule has 0 aliphatic carbocycles. The summed E-state index contributed by atoms with van der Waals surface area (Å²) >= 11 is 0. The number of hydrogen-bond acceptors (Lipinski definition) is 3. The van der Waals surface area contributed by atoms with E-state index in [9.17, 15) is 4.79 Å². The molecule has 1 amide bonds. The van der Waals surface area contributed by atoms with Crippen LogP contribution in [0.3, 0.4) is 0 Å². The molecule has 1 N–H and O–H groups in total. The number of nitrogens with zero attached hydrogens (tertiary/aromatic N) is 1. The number of benzene rings is 2. The smallest absolute Gasteiger partial charge is 0.262 e. The zero-order chi connectivity index (χ0) is 16.5. The van der Waals surface area contributed by atoms with E-state index in [0.717, 1.165) is 12.1 Å². The summed E-state index contributed by atoms with van der Waals surface area (Å²) in [7, 11) is 0. The highest BCUT2D eigenvalue weighted by molar-refractivity contribution is 5.91. The predicted octanol–water partition coefficient (Wildman–Crippen LogP) is 3.92. The molecule has 2 aromatic carbocycles. The van der Waals surface area contributed by atoms with Crippen LogP contribution in [0, 0.1) is 11.3 Å². The van der Waals surface area contributed by atoms with Gasteiger partial charge < -0.3 is 10.1 Å². The molecule has 0 unspecified atom stereocenters. The van der Waals surface area contributed by atoms with Gasteiger partial charge in [0, 0.05) is 5.69 Å². The largest absolute Gasteiger partial charge is 0.484 e. The minimum Gasteiger partial charge on any atom is -0.484 e. The third kappa shape index (κ3) is 5.48. The summed E-state index contributed by atoms with van der Waals surface area (Å²) < 4.78 is 5.40. The molecule has 2 rings (SSSR count). The number of hydrogen-bond donors (Lipinski definition) is 1. The molecule has 0 heterocycles. The first-order valence-electron chi connectivity index (χ1n) is 7.73. The average Bonchev–Trinajstić information content (AvgIpc) is 2.59. The number of nitrogens with one attached hydrogen (secondary N) is 1. The van der Waals surface area contributed by atoms with E-state index in [2.05, 4.69) is 12.2 Å². The number of unbranched alkanes of at least 4 members (excludes halogenated alkanes) is 1. The van der Waals surface area contributed by atoms with Gasteiger partial charge in [-0.15, -0.1) is 0 Å². The van der Waals surface area contributed by atoms with Crippen molar-refractivity contribution in [2.45, 2.75) is 26.2 Å². The van der Waals surface area contributed by atoms with E-state index in [0.29, 0.717) is 11.3 Å². The second-order valence-corrected chi connectivity index (χ2v) is 5.28. The molecule has 0 saturated carbocycles. The quantitative estimate of drug-likeness (QED) is 0.843. The lowest BCUT2D eigenvalue weighted by molar-refractivity contribution is -0.118. The monoisotopic (exact) mass is 308 g/mol. The van der Waals surface area contributed by atoms with Crippen LogP contribution < -0.4 is 10.1 Å². The van der Waals surface area contributed by atoms with Gasteiger partial charge in [0.05, 0.1) is 11.6 Å². The molecule has 23 heavy (non-hydrogen) atoms.